The Kier molecular flexibility index (Phi) is 8.07. The zero-order valence-corrected chi connectivity index (χ0v) is 20.4. The number of carboxylic acids is 1. The molecule has 37 heavy (non-hydrogen) atoms. The van der Waals surface area contributed by atoms with Crippen LogP contribution in [0.2, 0.25) is 0 Å². The molecule has 2 aliphatic heterocycles. The lowest BCUT2D eigenvalue weighted by molar-refractivity contribution is -0.143. The number of amides is 4. The first kappa shape index (κ1) is 26.1. The van der Waals surface area contributed by atoms with Crippen molar-refractivity contribution in [2.45, 2.75) is 62.7 Å². The zero-order valence-electron chi connectivity index (χ0n) is 20.4. The molecular weight excluding hydrogens is 480 g/mol. The van der Waals surface area contributed by atoms with E-state index in [0.717, 1.165) is 23.9 Å². The number of fused-ring (bicyclic) bond motifs is 1. The van der Waals surface area contributed by atoms with Crippen LogP contribution in [-0.2, 0) is 30.4 Å². The Hall–Kier alpha value is -3.93. The highest BCUT2D eigenvalue weighted by atomic mass is 16.4. The quantitative estimate of drug-likeness (QED) is 0.245. The van der Waals surface area contributed by atoms with E-state index in [-0.39, 0.29) is 18.4 Å². The minimum absolute atomic E-state index is 0.0123. The van der Waals surface area contributed by atoms with Crippen molar-refractivity contribution in [2.75, 3.05) is 13.1 Å². The summed E-state index contributed by atoms with van der Waals surface area (Å²) in [5, 5.41) is 18.7. The van der Waals surface area contributed by atoms with Crippen LogP contribution >= 0.6 is 0 Å². The Morgan fingerprint density at radius 3 is 2.57 bits per heavy atom. The molecule has 2 fully saturated rings. The molecule has 12 heteroatoms. The number of likely N-dealkylation sites (tertiary alicyclic amines) is 1. The van der Waals surface area contributed by atoms with Gasteiger partial charge in [0.15, 0.2) is 0 Å². The van der Waals surface area contributed by atoms with Crippen LogP contribution in [0.15, 0.2) is 30.5 Å². The molecule has 7 N–H and O–H groups in total. The van der Waals surface area contributed by atoms with Gasteiger partial charge in [-0.3, -0.25) is 19.2 Å². The van der Waals surface area contributed by atoms with Crippen molar-refractivity contribution < 1.29 is 29.1 Å². The summed E-state index contributed by atoms with van der Waals surface area (Å²) in [5.74, 6) is -3.67. The number of rotatable bonds is 10. The maximum Gasteiger partial charge on any atom is 0.326 e. The van der Waals surface area contributed by atoms with Crippen LogP contribution in [0, 0.1) is 0 Å². The highest BCUT2D eigenvalue weighted by Crippen LogP contribution is 2.22. The number of primary amides is 1. The first-order valence-corrected chi connectivity index (χ1v) is 12.5. The number of hydrogen-bond acceptors (Lipinski definition) is 6. The largest absolute Gasteiger partial charge is 0.480 e. The summed E-state index contributed by atoms with van der Waals surface area (Å²) in [6.07, 6.45) is 3.79. The van der Waals surface area contributed by atoms with Gasteiger partial charge in [-0.1, -0.05) is 18.2 Å². The summed E-state index contributed by atoms with van der Waals surface area (Å²) in [7, 11) is 0. The van der Waals surface area contributed by atoms with Gasteiger partial charge in [0.25, 0.3) is 0 Å². The number of nitrogens with zero attached hydrogens (tertiary/aromatic N) is 1. The van der Waals surface area contributed by atoms with Crippen molar-refractivity contribution in [1.82, 2.24) is 25.8 Å². The summed E-state index contributed by atoms with van der Waals surface area (Å²) >= 11 is 0. The second-order valence-electron chi connectivity index (χ2n) is 9.53. The monoisotopic (exact) mass is 512 g/mol. The highest BCUT2D eigenvalue weighted by molar-refractivity contribution is 5.96. The van der Waals surface area contributed by atoms with Gasteiger partial charge in [-0.2, -0.15) is 0 Å². The van der Waals surface area contributed by atoms with Gasteiger partial charge in [-0.05, 0) is 43.9 Å². The molecule has 0 bridgehead atoms. The van der Waals surface area contributed by atoms with Crippen molar-refractivity contribution in [3.63, 3.8) is 0 Å². The molecule has 1 aromatic heterocycles. The van der Waals surface area contributed by atoms with Crippen LogP contribution in [0.1, 0.15) is 37.7 Å². The second-order valence-corrected chi connectivity index (χ2v) is 9.53. The molecule has 4 atom stereocenters. The summed E-state index contributed by atoms with van der Waals surface area (Å²) < 4.78 is 0. The van der Waals surface area contributed by atoms with E-state index in [4.69, 9.17) is 5.73 Å². The fourth-order valence-corrected chi connectivity index (χ4v) is 5.07. The van der Waals surface area contributed by atoms with Gasteiger partial charge >= 0.3 is 5.97 Å². The fourth-order valence-electron chi connectivity index (χ4n) is 5.07. The summed E-state index contributed by atoms with van der Waals surface area (Å²) in [6.45, 7) is 1.17. The van der Waals surface area contributed by atoms with Gasteiger partial charge in [0.2, 0.25) is 23.6 Å². The molecule has 2 saturated heterocycles. The molecule has 0 radical (unpaired) electrons. The van der Waals surface area contributed by atoms with Gasteiger partial charge in [-0.25, -0.2) is 4.79 Å². The van der Waals surface area contributed by atoms with Crippen LogP contribution < -0.4 is 21.7 Å². The summed E-state index contributed by atoms with van der Waals surface area (Å²) in [4.78, 5) is 67.3. The number of nitrogens with two attached hydrogens (primary N) is 1. The molecule has 2 aromatic rings. The first-order valence-electron chi connectivity index (χ1n) is 12.5. The predicted octanol–water partition coefficient (Wildman–Crippen LogP) is -0.617. The molecular formula is C25H32N6O6. The molecule has 0 aliphatic carbocycles. The predicted molar refractivity (Wildman–Crippen MR) is 133 cm³/mol. The topological polar surface area (TPSA) is 187 Å². The maximum absolute atomic E-state index is 13.1. The van der Waals surface area contributed by atoms with Gasteiger partial charge in [0.1, 0.15) is 18.1 Å². The summed E-state index contributed by atoms with van der Waals surface area (Å²) in [6, 6.07) is 3.57. The molecule has 0 saturated carbocycles. The van der Waals surface area contributed by atoms with Crippen molar-refractivity contribution in [3.8, 4) is 0 Å². The van der Waals surface area contributed by atoms with Crippen LogP contribution in [-0.4, -0.2) is 81.8 Å². The molecule has 1 aromatic carbocycles. The Balaban J connectivity index is 1.44. The molecule has 0 spiro atoms. The Morgan fingerprint density at radius 1 is 1.08 bits per heavy atom. The van der Waals surface area contributed by atoms with E-state index >= 15 is 0 Å². The molecule has 2 aliphatic rings. The van der Waals surface area contributed by atoms with Crippen LogP contribution in [0.25, 0.3) is 10.9 Å². The number of carbonyl (C=O) groups is 5. The number of aromatic amines is 1. The Labute approximate surface area is 213 Å². The van der Waals surface area contributed by atoms with Gasteiger partial charge in [0, 0.05) is 30.1 Å². The van der Waals surface area contributed by atoms with Crippen LogP contribution in [0.4, 0.5) is 0 Å². The van der Waals surface area contributed by atoms with E-state index in [1.807, 2.05) is 24.3 Å². The molecule has 4 amide bonds. The van der Waals surface area contributed by atoms with Crippen LogP contribution in [0.5, 0.6) is 0 Å². The number of aliphatic carboxylic acids is 1. The summed E-state index contributed by atoms with van der Waals surface area (Å²) in [5.41, 5.74) is 6.84. The van der Waals surface area contributed by atoms with E-state index < -0.39 is 48.2 Å². The lowest BCUT2D eigenvalue weighted by Crippen LogP contribution is -2.57. The van der Waals surface area contributed by atoms with Gasteiger partial charge in [-0.15, -0.1) is 0 Å². The van der Waals surface area contributed by atoms with E-state index in [1.165, 1.54) is 4.90 Å². The zero-order chi connectivity index (χ0) is 26.5. The van der Waals surface area contributed by atoms with Crippen molar-refractivity contribution >= 4 is 40.5 Å². The number of benzene rings is 1. The van der Waals surface area contributed by atoms with Crippen molar-refractivity contribution in [1.29, 1.82) is 0 Å². The third-order valence-electron chi connectivity index (χ3n) is 6.95. The van der Waals surface area contributed by atoms with Gasteiger partial charge < -0.3 is 36.7 Å². The standard InChI is InChI=1S/C25H32N6O6/c26-21(32)12-18(29-23(34)20-8-4-10-31(20)24(35)17-7-3-9-27-17)22(33)30-19(25(36)37)11-14-13-28-16-6-2-1-5-15(14)16/h1-2,5-6,13,17-20,27-28H,3-4,7-12H2,(H2,26,32)(H,29,34)(H,30,33)(H,36,37). The maximum atomic E-state index is 13.1. The molecule has 3 heterocycles. The Morgan fingerprint density at radius 2 is 1.86 bits per heavy atom. The van der Waals surface area contributed by atoms with E-state index in [1.54, 1.807) is 6.20 Å². The molecule has 12 nitrogen and oxygen atoms in total. The van der Waals surface area contributed by atoms with Crippen LogP contribution in [0.3, 0.4) is 0 Å². The minimum atomic E-state index is -1.38. The third-order valence-corrected chi connectivity index (χ3v) is 6.95. The normalized spacial score (nSPS) is 20.9. The van der Waals surface area contributed by atoms with E-state index in [0.29, 0.717) is 31.4 Å². The second kappa shape index (κ2) is 11.4. The smallest absolute Gasteiger partial charge is 0.326 e. The van der Waals surface area contributed by atoms with Gasteiger partial charge in [0.05, 0.1) is 12.5 Å². The number of para-hydroxylation sites is 1. The van der Waals surface area contributed by atoms with E-state index in [2.05, 4.69) is 20.9 Å². The average molecular weight is 513 g/mol. The fraction of sp³-hybridized carbons (Fsp3) is 0.480. The number of aromatic nitrogens is 1. The lowest BCUT2D eigenvalue weighted by Gasteiger charge is -2.28. The number of nitrogens with one attached hydrogen (secondary N) is 4. The number of carbonyl (C=O) groups excluding carboxylic acids is 4. The molecule has 198 valence electrons. The number of hydrogen-bond donors (Lipinski definition) is 6. The van der Waals surface area contributed by atoms with Crippen molar-refractivity contribution in [2.24, 2.45) is 5.73 Å². The van der Waals surface area contributed by atoms with E-state index in [9.17, 15) is 29.1 Å². The first-order chi connectivity index (χ1) is 17.7. The highest BCUT2D eigenvalue weighted by Gasteiger charge is 2.39. The Bertz CT molecular complexity index is 1190. The number of H-pyrrole nitrogens is 1. The molecule has 4 rings (SSSR count). The van der Waals surface area contributed by atoms with Crippen molar-refractivity contribution in [3.05, 3.63) is 36.0 Å². The lowest BCUT2D eigenvalue weighted by atomic mass is 10.0. The average Bonchev–Trinajstić information content (AvgIpc) is 3.63. The molecule has 4 unspecified atom stereocenters. The minimum Gasteiger partial charge on any atom is -0.480 e. The third kappa shape index (κ3) is 6.08. The number of carboxylic acid groups (broad SMARTS) is 1. The SMILES string of the molecule is NC(=O)CC(NC(=O)C1CCCN1C(=O)C1CCCN1)C(=O)NC(Cc1c[nH]c2ccccc12)C(=O)O.